The van der Waals surface area contributed by atoms with Crippen molar-refractivity contribution in [3.05, 3.63) is 51.3 Å². The third kappa shape index (κ3) is 4.08. The number of hydrogen-bond acceptors (Lipinski definition) is 0. The molecule has 0 fully saturated rings. The van der Waals surface area contributed by atoms with Crippen molar-refractivity contribution in [2.45, 2.75) is 25.9 Å². The second-order valence-corrected chi connectivity index (χ2v) is 5.50. The van der Waals surface area contributed by atoms with Crippen LogP contribution in [0.1, 0.15) is 23.1 Å². The SMILES string of the molecule is Cl.Cl.Cl.[CH3][V][C]1=C(c2c(C)cccc2C)C=CC1. The molecule has 0 unspecified atom stereocenters. The second-order valence-electron chi connectivity index (χ2n) is 3.96. The number of hydrogen-bond donors (Lipinski definition) is 0. The molecule has 0 spiro atoms. The quantitative estimate of drug-likeness (QED) is 0.676. The van der Waals surface area contributed by atoms with Gasteiger partial charge in [-0.15, -0.1) is 37.2 Å². The van der Waals surface area contributed by atoms with E-state index in [0.29, 0.717) is 16.3 Å². The van der Waals surface area contributed by atoms with Gasteiger partial charge >= 0.3 is 99.1 Å². The Bertz CT molecular complexity index is 430. The van der Waals surface area contributed by atoms with Crippen molar-refractivity contribution in [3.8, 4) is 0 Å². The molecule has 0 radical (unpaired) electrons. The molecule has 18 heavy (non-hydrogen) atoms. The summed E-state index contributed by atoms with van der Waals surface area (Å²) in [5.74, 6) is 0. The monoisotopic (exact) mass is 343 g/mol. The van der Waals surface area contributed by atoms with Crippen LogP contribution in [-0.2, 0) is 16.3 Å². The van der Waals surface area contributed by atoms with E-state index < -0.39 is 0 Å². The number of halogens is 3. The average Bonchev–Trinajstić information content (AvgIpc) is 2.65. The summed E-state index contributed by atoms with van der Waals surface area (Å²) in [5.41, 5.74) is 8.13. The first kappa shape index (κ1) is 20.5. The van der Waals surface area contributed by atoms with E-state index in [0.717, 1.165) is 0 Å². The number of rotatable bonds is 2. The maximum absolute atomic E-state index is 2.34. The first-order chi connectivity index (χ1) is 7.24. The number of aryl methyl sites for hydroxylation is 2. The van der Waals surface area contributed by atoms with Crippen LogP contribution in [0.5, 0.6) is 0 Å². The van der Waals surface area contributed by atoms with Crippen LogP contribution >= 0.6 is 37.2 Å². The average molecular weight is 345 g/mol. The van der Waals surface area contributed by atoms with Crippen LogP contribution in [0.25, 0.3) is 5.57 Å². The van der Waals surface area contributed by atoms with Gasteiger partial charge < -0.3 is 0 Å². The summed E-state index contributed by atoms with van der Waals surface area (Å²) in [5, 5.41) is 0. The molecule has 0 N–H and O–H groups in total. The minimum atomic E-state index is 0. The Hall–Kier alpha value is 0.154. The fourth-order valence-corrected chi connectivity index (χ4v) is 3.29. The van der Waals surface area contributed by atoms with Gasteiger partial charge in [-0.3, -0.25) is 0 Å². The van der Waals surface area contributed by atoms with E-state index >= 15 is 0 Å². The summed E-state index contributed by atoms with van der Waals surface area (Å²) in [6, 6.07) is 6.57. The van der Waals surface area contributed by atoms with Gasteiger partial charge in [-0.1, -0.05) is 0 Å². The molecule has 1 aromatic carbocycles. The van der Waals surface area contributed by atoms with E-state index in [1.807, 2.05) is 0 Å². The Morgan fingerprint density at radius 1 is 1.00 bits per heavy atom. The zero-order chi connectivity index (χ0) is 10.8. The Kier molecular flexibility index (Phi) is 10.4. The van der Waals surface area contributed by atoms with Crippen molar-refractivity contribution in [2.24, 2.45) is 0 Å². The van der Waals surface area contributed by atoms with Gasteiger partial charge in [0.15, 0.2) is 0 Å². The van der Waals surface area contributed by atoms with Crippen molar-refractivity contribution >= 4 is 42.8 Å². The van der Waals surface area contributed by atoms with Gasteiger partial charge in [0.1, 0.15) is 0 Å². The molecule has 0 bridgehead atoms. The van der Waals surface area contributed by atoms with E-state index in [1.54, 1.807) is 4.28 Å². The van der Waals surface area contributed by atoms with Gasteiger partial charge in [0, 0.05) is 0 Å². The molecule has 0 nitrogen and oxygen atoms in total. The Balaban J connectivity index is 0. The fraction of sp³-hybridized carbons (Fsp3) is 0.286. The van der Waals surface area contributed by atoms with Crippen LogP contribution in [0.4, 0.5) is 0 Å². The molecule has 2 rings (SSSR count). The van der Waals surface area contributed by atoms with E-state index in [2.05, 4.69) is 49.8 Å². The predicted molar refractivity (Wildman–Crippen MR) is 84.2 cm³/mol. The molecule has 101 valence electrons. The first-order valence-electron chi connectivity index (χ1n) is 5.30. The van der Waals surface area contributed by atoms with E-state index in [-0.39, 0.29) is 37.2 Å². The van der Waals surface area contributed by atoms with Gasteiger partial charge in [-0.2, -0.15) is 0 Å². The molecule has 0 atom stereocenters. The molecule has 4 heteroatoms. The molecule has 0 saturated heterocycles. The van der Waals surface area contributed by atoms with Crippen molar-refractivity contribution in [2.75, 3.05) is 0 Å². The van der Waals surface area contributed by atoms with Gasteiger partial charge in [-0.05, 0) is 0 Å². The van der Waals surface area contributed by atoms with Gasteiger partial charge in [0.25, 0.3) is 0 Å². The minimum absolute atomic E-state index is 0. The normalized spacial score (nSPS) is 12.4. The van der Waals surface area contributed by atoms with Crippen LogP contribution in [-0.4, -0.2) is 0 Å². The Morgan fingerprint density at radius 3 is 2.06 bits per heavy atom. The molecule has 0 amide bonds. The molecule has 0 aliphatic heterocycles. The molecule has 0 saturated carbocycles. The molecular weight excluding hydrogens is 325 g/mol. The predicted octanol–water partition coefficient (Wildman–Crippen LogP) is 5.37. The molecule has 1 aromatic rings. The zero-order valence-electron chi connectivity index (χ0n) is 10.8. The van der Waals surface area contributed by atoms with Crippen LogP contribution in [0.2, 0.25) is 5.64 Å². The Morgan fingerprint density at radius 2 is 1.56 bits per heavy atom. The van der Waals surface area contributed by atoms with Gasteiger partial charge in [-0.25, -0.2) is 0 Å². The molecule has 0 heterocycles. The third-order valence-electron chi connectivity index (χ3n) is 2.93. The third-order valence-corrected chi connectivity index (χ3v) is 4.43. The van der Waals surface area contributed by atoms with Crippen LogP contribution in [0.3, 0.4) is 0 Å². The van der Waals surface area contributed by atoms with Crippen molar-refractivity contribution in [1.29, 1.82) is 0 Å². The first-order valence-corrected chi connectivity index (χ1v) is 7.39. The zero-order valence-corrected chi connectivity index (χ0v) is 14.6. The summed E-state index contributed by atoms with van der Waals surface area (Å²) in [6.07, 6.45) is 5.79. The summed E-state index contributed by atoms with van der Waals surface area (Å²) in [4.78, 5) is 0. The number of benzene rings is 1. The standard InChI is InChI=1S/C13H13.CH3.3ClH.V/c1-10-6-5-7-11(2)13(10)12-8-3-4-9-12;;;;;/h3,5-8H,4H2,1-2H3;1H3;3*1H;. The maximum atomic E-state index is 2.34. The van der Waals surface area contributed by atoms with Gasteiger partial charge in [0.05, 0.1) is 0 Å². The van der Waals surface area contributed by atoms with Crippen molar-refractivity contribution in [3.63, 3.8) is 0 Å². The number of allylic oxidation sites excluding steroid dienone is 4. The van der Waals surface area contributed by atoms with E-state index in [9.17, 15) is 0 Å². The van der Waals surface area contributed by atoms with Crippen molar-refractivity contribution in [1.82, 2.24) is 0 Å². The van der Waals surface area contributed by atoms with E-state index in [1.165, 1.54) is 28.7 Å². The van der Waals surface area contributed by atoms with Gasteiger partial charge in [0.2, 0.25) is 0 Å². The topological polar surface area (TPSA) is 0 Å². The van der Waals surface area contributed by atoms with Crippen molar-refractivity contribution < 1.29 is 16.3 Å². The molecule has 1 aliphatic carbocycles. The van der Waals surface area contributed by atoms with E-state index in [4.69, 9.17) is 0 Å². The second kappa shape index (κ2) is 9.12. The Labute approximate surface area is 136 Å². The summed E-state index contributed by atoms with van der Waals surface area (Å²) >= 11 is 0.367. The molecule has 0 aromatic heterocycles. The molecule has 1 aliphatic rings. The van der Waals surface area contributed by atoms with Crippen LogP contribution in [0, 0.1) is 13.8 Å². The fourth-order valence-electron chi connectivity index (χ4n) is 2.17. The van der Waals surface area contributed by atoms with Crippen LogP contribution in [0.15, 0.2) is 34.6 Å². The summed E-state index contributed by atoms with van der Waals surface area (Å²) in [7, 11) is 0. The molecular formula is C14H19Cl3V. The summed E-state index contributed by atoms with van der Waals surface area (Å²) in [6.45, 7) is 4.43. The summed E-state index contributed by atoms with van der Waals surface area (Å²) < 4.78 is 1.67. The van der Waals surface area contributed by atoms with Crippen LogP contribution < -0.4 is 0 Å².